The van der Waals surface area contributed by atoms with Gasteiger partial charge in [0.25, 0.3) is 0 Å². The largest absolute Gasteiger partial charge is 0.350 e. The van der Waals surface area contributed by atoms with Crippen LogP contribution in [0.1, 0.15) is 59.4 Å². The Bertz CT molecular complexity index is 876. The van der Waals surface area contributed by atoms with Crippen LogP contribution in [0.2, 0.25) is 5.02 Å². The number of hydrogen-bond acceptors (Lipinski definition) is 5. The molecule has 0 bridgehead atoms. The third-order valence-corrected chi connectivity index (χ3v) is 7.35. The zero-order valence-electron chi connectivity index (χ0n) is 24.2. The Labute approximate surface area is 259 Å². The molecule has 4 atom stereocenters. The lowest BCUT2D eigenvalue weighted by atomic mass is 10.0. The topological polar surface area (TPSA) is 76.7 Å². The number of likely N-dealkylation sites (tertiary alicyclic amines) is 1. The molecule has 0 unspecified atom stereocenters. The van der Waals surface area contributed by atoms with Gasteiger partial charge >= 0.3 is 0 Å². The highest BCUT2D eigenvalue weighted by Crippen LogP contribution is 2.25. The first-order chi connectivity index (χ1) is 16.9. The van der Waals surface area contributed by atoms with E-state index in [-0.39, 0.29) is 72.7 Å². The summed E-state index contributed by atoms with van der Waals surface area (Å²) in [4.78, 5) is 31.1. The molecule has 2 fully saturated rings. The lowest BCUT2D eigenvalue weighted by Gasteiger charge is -2.30. The van der Waals surface area contributed by atoms with Gasteiger partial charge in [0.2, 0.25) is 11.8 Å². The molecule has 0 radical (unpaired) electrons. The van der Waals surface area contributed by atoms with Gasteiger partial charge in [-0.05, 0) is 76.6 Å². The second kappa shape index (κ2) is 17.2. The minimum atomic E-state index is -0.334. The molecule has 2 amide bonds. The first-order valence-electron chi connectivity index (χ1n) is 13.5. The maximum absolute atomic E-state index is 13.8. The van der Waals surface area contributed by atoms with Crippen molar-refractivity contribution >= 4 is 60.6 Å². The van der Waals surface area contributed by atoms with Gasteiger partial charge < -0.3 is 20.9 Å². The number of benzene rings is 1. The minimum absolute atomic E-state index is 0. The Morgan fingerprint density at radius 1 is 1.15 bits per heavy atom. The molecule has 2 aliphatic rings. The summed E-state index contributed by atoms with van der Waals surface area (Å²) in [6.45, 7) is 13.7. The summed E-state index contributed by atoms with van der Waals surface area (Å²) >= 11 is 6.09. The second-order valence-corrected chi connectivity index (χ2v) is 12.5. The van der Waals surface area contributed by atoms with Crippen LogP contribution in [0.25, 0.3) is 0 Å². The number of halogens is 4. The average molecular weight is 630 g/mol. The van der Waals surface area contributed by atoms with E-state index in [0.29, 0.717) is 36.4 Å². The Balaban J connectivity index is 0.00000481. The van der Waals surface area contributed by atoms with Crippen LogP contribution >= 0.6 is 48.8 Å². The standard InChI is InChI=1S/C28H46ClN5O2.3ClH/c1-19(2)17-34-18-23(15-25(34)26(35)32-28(3,4)5)33(6)27(36)24(31-16-22-8-7-13-30-22)14-20-9-11-21(29)12-10-20;;;/h9-12,19,22-25,30-31H,7-8,13-18H2,1-6H3,(H,32,35);3*1H/t22-,23+,24-,25+;;;/m1.../s1. The number of carbonyl (C=O) groups is 2. The molecule has 39 heavy (non-hydrogen) atoms. The summed E-state index contributed by atoms with van der Waals surface area (Å²) in [5.74, 6) is 0.567. The molecule has 0 aromatic heterocycles. The van der Waals surface area contributed by atoms with Gasteiger partial charge in [-0.25, -0.2) is 0 Å². The van der Waals surface area contributed by atoms with E-state index in [1.807, 2.05) is 57.0 Å². The summed E-state index contributed by atoms with van der Waals surface area (Å²) in [7, 11) is 1.90. The predicted molar refractivity (Wildman–Crippen MR) is 169 cm³/mol. The fourth-order valence-corrected chi connectivity index (χ4v) is 5.43. The normalized spacial score (nSPS) is 21.9. The molecule has 226 valence electrons. The lowest BCUT2D eigenvalue weighted by molar-refractivity contribution is -0.134. The lowest BCUT2D eigenvalue weighted by Crippen LogP contribution is -2.52. The molecule has 3 N–H and O–H groups in total. The van der Waals surface area contributed by atoms with E-state index in [1.54, 1.807) is 0 Å². The molecule has 0 spiro atoms. The monoisotopic (exact) mass is 627 g/mol. The van der Waals surface area contributed by atoms with Crippen LogP contribution in [-0.4, -0.2) is 84.5 Å². The molecule has 1 aromatic carbocycles. The predicted octanol–water partition coefficient (Wildman–Crippen LogP) is 4.33. The van der Waals surface area contributed by atoms with E-state index in [0.717, 1.165) is 31.6 Å². The van der Waals surface area contributed by atoms with Crippen LogP contribution in [0.5, 0.6) is 0 Å². The highest BCUT2D eigenvalue weighted by atomic mass is 35.5. The van der Waals surface area contributed by atoms with Crippen molar-refractivity contribution in [3.05, 3.63) is 34.9 Å². The third kappa shape index (κ3) is 11.9. The zero-order chi connectivity index (χ0) is 26.5. The Hall–Kier alpha value is -0.800. The van der Waals surface area contributed by atoms with Gasteiger partial charge in [-0.2, -0.15) is 0 Å². The van der Waals surface area contributed by atoms with Gasteiger partial charge in [-0.1, -0.05) is 37.6 Å². The summed E-state index contributed by atoms with van der Waals surface area (Å²) in [5.41, 5.74) is 0.788. The van der Waals surface area contributed by atoms with E-state index >= 15 is 0 Å². The van der Waals surface area contributed by atoms with Crippen molar-refractivity contribution in [3.63, 3.8) is 0 Å². The Morgan fingerprint density at radius 3 is 2.33 bits per heavy atom. The number of rotatable bonds is 10. The Kier molecular flexibility index (Phi) is 16.9. The number of nitrogens with zero attached hydrogens (tertiary/aromatic N) is 2. The van der Waals surface area contributed by atoms with Gasteiger partial charge in [0.1, 0.15) is 0 Å². The van der Waals surface area contributed by atoms with Crippen LogP contribution in [0.4, 0.5) is 0 Å². The van der Waals surface area contributed by atoms with Gasteiger partial charge in [0.05, 0.1) is 12.1 Å². The van der Waals surface area contributed by atoms with Crippen molar-refractivity contribution < 1.29 is 9.59 Å². The van der Waals surface area contributed by atoms with E-state index in [2.05, 4.69) is 34.7 Å². The Morgan fingerprint density at radius 2 is 1.79 bits per heavy atom. The summed E-state index contributed by atoms with van der Waals surface area (Å²) in [6.07, 6.45) is 3.55. The molecule has 7 nitrogen and oxygen atoms in total. The summed E-state index contributed by atoms with van der Waals surface area (Å²) in [6, 6.07) is 7.56. The molecule has 2 heterocycles. The highest BCUT2D eigenvalue weighted by molar-refractivity contribution is 6.30. The molecule has 2 saturated heterocycles. The van der Waals surface area contributed by atoms with Crippen molar-refractivity contribution in [2.24, 2.45) is 5.92 Å². The average Bonchev–Trinajstić information content (AvgIpc) is 3.45. The molecule has 0 saturated carbocycles. The first-order valence-corrected chi connectivity index (χ1v) is 13.8. The quantitative estimate of drug-likeness (QED) is 0.360. The van der Waals surface area contributed by atoms with Crippen molar-refractivity contribution in [1.29, 1.82) is 0 Å². The van der Waals surface area contributed by atoms with Gasteiger partial charge in [0, 0.05) is 49.3 Å². The molecule has 1 aromatic rings. The van der Waals surface area contributed by atoms with Crippen LogP contribution in [-0.2, 0) is 16.0 Å². The SMILES string of the molecule is CC(C)CN1C[C@@H](N(C)C(=O)[C@@H](Cc2ccc(Cl)cc2)NC[C@H]2CCCN2)C[C@H]1C(=O)NC(C)(C)C.Cl.Cl.Cl. The molecule has 2 aliphatic heterocycles. The fourth-order valence-electron chi connectivity index (χ4n) is 5.30. The van der Waals surface area contributed by atoms with E-state index in [1.165, 1.54) is 6.42 Å². The first kappa shape index (κ1) is 38.2. The van der Waals surface area contributed by atoms with Gasteiger partial charge in [-0.15, -0.1) is 37.2 Å². The number of likely N-dealkylation sites (N-methyl/N-ethyl adjacent to an activating group) is 1. The summed E-state index contributed by atoms with van der Waals surface area (Å²) in [5, 5.41) is 10.9. The van der Waals surface area contributed by atoms with Crippen molar-refractivity contribution in [2.75, 3.05) is 33.2 Å². The van der Waals surface area contributed by atoms with E-state index < -0.39 is 0 Å². The molecule has 0 aliphatic carbocycles. The maximum atomic E-state index is 13.8. The molecule has 11 heteroatoms. The van der Waals surface area contributed by atoms with Crippen molar-refractivity contribution in [3.8, 4) is 0 Å². The second-order valence-electron chi connectivity index (χ2n) is 12.0. The number of amides is 2. The van der Waals surface area contributed by atoms with Gasteiger partial charge in [0.15, 0.2) is 0 Å². The van der Waals surface area contributed by atoms with Gasteiger partial charge in [-0.3, -0.25) is 14.5 Å². The van der Waals surface area contributed by atoms with Crippen molar-refractivity contribution in [2.45, 2.75) is 90.0 Å². The van der Waals surface area contributed by atoms with E-state index in [4.69, 9.17) is 11.6 Å². The molecular weight excluding hydrogens is 580 g/mol. The molecular formula is C28H49Cl4N5O2. The van der Waals surface area contributed by atoms with Crippen LogP contribution in [0, 0.1) is 5.92 Å². The van der Waals surface area contributed by atoms with Crippen LogP contribution in [0.15, 0.2) is 24.3 Å². The third-order valence-electron chi connectivity index (χ3n) is 7.10. The van der Waals surface area contributed by atoms with E-state index in [9.17, 15) is 9.59 Å². The van der Waals surface area contributed by atoms with Crippen LogP contribution < -0.4 is 16.0 Å². The van der Waals surface area contributed by atoms with Crippen LogP contribution in [0.3, 0.4) is 0 Å². The fraction of sp³-hybridized carbons (Fsp3) is 0.714. The number of nitrogens with one attached hydrogen (secondary N) is 3. The maximum Gasteiger partial charge on any atom is 0.240 e. The molecule has 3 rings (SSSR count). The minimum Gasteiger partial charge on any atom is -0.350 e. The smallest absolute Gasteiger partial charge is 0.240 e. The highest BCUT2D eigenvalue weighted by Gasteiger charge is 2.41. The number of carbonyl (C=O) groups excluding carboxylic acids is 2. The summed E-state index contributed by atoms with van der Waals surface area (Å²) < 4.78 is 0. The zero-order valence-corrected chi connectivity index (χ0v) is 27.4. The number of hydrogen-bond donors (Lipinski definition) is 3. The van der Waals surface area contributed by atoms with Crippen molar-refractivity contribution in [1.82, 2.24) is 25.8 Å².